The Morgan fingerprint density at radius 3 is 2.55 bits per heavy atom. The van der Waals surface area contributed by atoms with Crippen molar-refractivity contribution in [2.75, 3.05) is 33.8 Å². The van der Waals surface area contributed by atoms with E-state index in [-0.39, 0.29) is 5.97 Å². The maximum absolute atomic E-state index is 11.8. The van der Waals surface area contributed by atoms with Crippen LogP contribution in [0.15, 0.2) is 0 Å². The minimum atomic E-state index is -0.546. The number of likely N-dealkylation sites (tertiary alicyclic amines) is 1. The molecule has 20 heavy (non-hydrogen) atoms. The Bertz CT molecular complexity index is 288. The highest BCUT2D eigenvalue weighted by atomic mass is 16.5. The van der Waals surface area contributed by atoms with Crippen molar-refractivity contribution in [3.05, 3.63) is 0 Å². The van der Waals surface area contributed by atoms with Gasteiger partial charge in [0.15, 0.2) is 0 Å². The molecular formula is C16H32N2O2. The predicted octanol–water partition coefficient (Wildman–Crippen LogP) is 2.43. The molecular weight excluding hydrogens is 252 g/mol. The van der Waals surface area contributed by atoms with Gasteiger partial charge in [-0.15, -0.1) is 0 Å². The van der Waals surface area contributed by atoms with Crippen LogP contribution in [0, 0.1) is 5.92 Å². The normalized spacial score (nSPS) is 20.6. The summed E-state index contributed by atoms with van der Waals surface area (Å²) in [5.74, 6) is 0.774. The van der Waals surface area contributed by atoms with E-state index in [0.717, 1.165) is 25.3 Å². The lowest BCUT2D eigenvalue weighted by Crippen LogP contribution is -2.48. The van der Waals surface area contributed by atoms with Gasteiger partial charge >= 0.3 is 5.97 Å². The number of hydrogen-bond donors (Lipinski definition) is 1. The van der Waals surface area contributed by atoms with Gasteiger partial charge in [-0.3, -0.25) is 4.79 Å². The Morgan fingerprint density at radius 2 is 2.05 bits per heavy atom. The van der Waals surface area contributed by atoms with E-state index in [1.807, 2.05) is 14.0 Å². The zero-order chi connectivity index (χ0) is 15.0. The second-order valence-corrected chi connectivity index (χ2v) is 6.25. The molecule has 0 saturated carbocycles. The third-order valence-electron chi connectivity index (χ3n) is 4.74. The van der Waals surface area contributed by atoms with Gasteiger partial charge < -0.3 is 15.0 Å². The standard InChI is InChI=1S/C16H32N2O2/c1-5-7-14-8-12-18(13-9-14)11-6-10-16(2,17-3)15(19)20-4/h14,17H,5-13H2,1-4H3. The molecule has 0 radical (unpaired) electrons. The molecule has 1 atom stereocenters. The molecule has 0 aromatic rings. The molecule has 1 fully saturated rings. The molecule has 1 rings (SSSR count). The highest BCUT2D eigenvalue weighted by Crippen LogP contribution is 2.22. The van der Waals surface area contributed by atoms with E-state index in [0.29, 0.717) is 0 Å². The average Bonchev–Trinajstić information content (AvgIpc) is 2.48. The summed E-state index contributed by atoms with van der Waals surface area (Å²) in [6.07, 6.45) is 7.23. The van der Waals surface area contributed by atoms with Gasteiger partial charge in [0, 0.05) is 0 Å². The van der Waals surface area contributed by atoms with E-state index < -0.39 is 5.54 Å². The van der Waals surface area contributed by atoms with Crippen molar-refractivity contribution in [1.29, 1.82) is 0 Å². The lowest BCUT2D eigenvalue weighted by molar-refractivity contribution is -0.148. The van der Waals surface area contributed by atoms with E-state index in [2.05, 4.69) is 17.1 Å². The Hall–Kier alpha value is -0.610. The van der Waals surface area contributed by atoms with Gasteiger partial charge in [0.1, 0.15) is 5.54 Å². The molecule has 1 unspecified atom stereocenters. The van der Waals surface area contributed by atoms with Crippen LogP contribution in [0.2, 0.25) is 0 Å². The van der Waals surface area contributed by atoms with Crippen LogP contribution >= 0.6 is 0 Å². The number of nitrogens with one attached hydrogen (secondary N) is 1. The number of esters is 1. The number of carbonyl (C=O) groups is 1. The number of carbonyl (C=O) groups excluding carboxylic acids is 1. The van der Waals surface area contributed by atoms with Crippen molar-refractivity contribution in [2.24, 2.45) is 5.92 Å². The number of ether oxygens (including phenoxy) is 1. The van der Waals surface area contributed by atoms with Gasteiger partial charge in [-0.1, -0.05) is 19.8 Å². The fourth-order valence-corrected chi connectivity index (χ4v) is 3.12. The summed E-state index contributed by atoms with van der Waals surface area (Å²) < 4.78 is 4.87. The summed E-state index contributed by atoms with van der Waals surface area (Å²) in [5, 5.41) is 3.10. The molecule has 1 saturated heterocycles. The quantitative estimate of drug-likeness (QED) is 0.695. The molecule has 1 heterocycles. The van der Waals surface area contributed by atoms with E-state index in [4.69, 9.17) is 4.74 Å². The molecule has 4 heteroatoms. The third kappa shape index (κ3) is 5.06. The van der Waals surface area contributed by atoms with Crippen molar-refractivity contribution >= 4 is 5.97 Å². The zero-order valence-electron chi connectivity index (χ0n) is 13.7. The second kappa shape index (κ2) is 8.63. The number of hydrogen-bond acceptors (Lipinski definition) is 4. The van der Waals surface area contributed by atoms with Crippen molar-refractivity contribution in [3.8, 4) is 0 Å². The number of rotatable bonds is 8. The number of methoxy groups -OCH3 is 1. The van der Waals surface area contributed by atoms with E-state index in [1.165, 1.54) is 45.9 Å². The van der Waals surface area contributed by atoms with Crippen LogP contribution in [-0.2, 0) is 9.53 Å². The first-order valence-corrected chi connectivity index (χ1v) is 8.05. The minimum Gasteiger partial charge on any atom is -0.468 e. The first-order valence-electron chi connectivity index (χ1n) is 8.05. The first kappa shape index (κ1) is 17.4. The fourth-order valence-electron chi connectivity index (χ4n) is 3.12. The van der Waals surface area contributed by atoms with E-state index >= 15 is 0 Å². The van der Waals surface area contributed by atoms with Crippen molar-refractivity contribution in [1.82, 2.24) is 10.2 Å². The number of likely N-dealkylation sites (N-methyl/N-ethyl adjacent to an activating group) is 1. The SMILES string of the molecule is CCCC1CCN(CCCC(C)(NC)C(=O)OC)CC1. The van der Waals surface area contributed by atoms with Crippen LogP contribution in [0.25, 0.3) is 0 Å². The highest BCUT2D eigenvalue weighted by Gasteiger charge is 2.32. The Morgan fingerprint density at radius 1 is 1.40 bits per heavy atom. The molecule has 0 bridgehead atoms. The van der Waals surface area contributed by atoms with Crippen LogP contribution in [0.4, 0.5) is 0 Å². The third-order valence-corrected chi connectivity index (χ3v) is 4.74. The topological polar surface area (TPSA) is 41.6 Å². The van der Waals surface area contributed by atoms with Crippen LogP contribution in [-0.4, -0.2) is 50.2 Å². The molecule has 0 aromatic carbocycles. The second-order valence-electron chi connectivity index (χ2n) is 6.25. The monoisotopic (exact) mass is 284 g/mol. The predicted molar refractivity (Wildman–Crippen MR) is 82.8 cm³/mol. The maximum atomic E-state index is 11.8. The van der Waals surface area contributed by atoms with Gasteiger partial charge in [0.05, 0.1) is 7.11 Å². The molecule has 0 aromatic heterocycles. The summed E-state index contributed by atoms with van der Waals surface area (Å²) in [7, 11) is 3.28. The lowest BCUT2D eigenvalue weighted by Gasteiger charge is -2.33. The molecule has 4 nitrogen and oxygen atoms in total. The summed E-state index contributed by atoms with van der Waals surface area (Å²) in [6, 6.07) is 0. The van der Waals surface area contributed by atoms with E-state index in [1.54, 1.807) is 0 Å². The summed E-state index contributed by atoms with van der Waals surface area (Å²) >= 11 is 0. The van der Waals surface area contributed by atoms with Crippen LogP contribution in [0.3, 0.4) is 0 Å². The van der Waals surface area contributed by atoms with Gasteiger partial charge in [0.2, 0.25) is 0 Å². The van der Waals surface area contributed by atoms with Crippen molar-refractivity contribution in [3.63, 3.8) is 0 Å². The van der Waals surface area contributed by atoms with Gasteiger partial charge in [-0.2, -0.15) is 0 Å². The fraction of sp³-hybridized carbons (Fsp3) is 0.938. The molecule has 1 aliphatic heterocycles. The van der Waals surface area contributed by atoms with Crippen LogP contribution in [0.5, 0.6) is 0 Å². The summed E-state index contributed by atoms with van der Waals surface area (Å²) in [6.45, 7) is 7.73. The molecule has 0 amide bonds. The molecule has 1 N–H and O–H groups in total. The molecule has 1 aliphatic rings. The molecule has 118 valence electrons. The van der Waals surface area contributed by atoms with Gasteiger partial charge in [-0.05, 0) is 65.2 Å². The Labute approximate surface area is 124 Å². The van der Waals surface area contributed by atoms with Crippen molar-refractivity contribution in [2.45, 2.75) is 57.9 Å². The Kier molecular flexibility index (Phi) is 7.52. The summed E-state index contributed by atoms with van der Waals surface area (Å²) in [4.78, 5) is 14.3. The average molecular weight is 284 g/mol. The zero-order valence-corrected chi connectivity index (χ0v) is 13.7. The van der Waals surface area contributed by atoms with Crippen LogP contribution < -0.4 is 5.32 Å². The van der Waals surface area contributed by atoms with E-state index in [9.17, 15) is 4.79 Å². The Balaban J connectivity index is 2.26. The number of nitrogens with zero attached hydrogens (tertiary/aromatic N) is 1. The van der Waals surface area contributed by atoms with Gasteiger partial charge in [-0.25, -0.2) is 0 Å². The summed E-state index contributed by atoms with van der Waals surface area (Å²) in [5.41, 5.74) is -0.546. The minimum absolute atomic E-state index is 0.165. The highest BCUT2D eigenvalue weighted by molar-refractivity contribution is 5.80. The lowest BCUT2D eigenvalue weighted by atomic mass is 9.92. The van der Waals surface area contributed by atoms with Crippen molar-refractivity contribution < 1.29 is 9.53 Å². The smallest absolute Gasteiger partial charge is 0.325 e. The first-order chi connectivity index (χ1) is 9.55. The van der Waals surface area contributed by atoms with Gasteiger partial charge in [0.25, 0.3) is 0 Å². The molecule has 0 spiro atoms. The maximum Gasteiger partial charge on any atom is 0.325 e. The molecule has 0 aliphatic carbocycles. The van der Waals surface area contributed by atoms with Crippen LogP contribution in [0.1, 0.15) is 52.4 Å². The number of piperidine rings is 1. The largest absolute Gasteiger partial charge is 0.468 e.